The summed E-state index contributed by atoms with van der Waals surface area (Å²) in [6.07, 6.45) is 0.447. The summed E-state index contributed by atoms with van der Waals surface area (Å²) in [5.41, 5.74) is 3.41. The van der Waals surface area contributed by atoms with Crippen molar-refractivity contribution in [2.24, 2.45) is 0 Å². The number of hydrogen-bond donors (Lipinski definition) is 1. The number of amides is 2. The second kappa shape index (κ2) is 7.64. The summed E-state index contributed by atoms with van der Waals surface area (Å²) in [5, 5.41) is 2.94. The highest BCUT2D eigenvalue weighted by Gasteiger charge is 2.31. The van der Waals surface area contributed by atoms with Crippen LogP contribution in [0.4, 0.5) is 11.4 Å². The number of fused-ring (bicyclic) bond motifs is 1. The maximum absolute atomic E-state index is 13.4. The molecule has 1 unspecified atom stereocenters. The Kier molecular flexibility index (Phi) is 5.05. The molecule has 4 rings (SSSR count). The fraction of sp³-hybridized carbons (Fsp3) is 0.364. The Morgan fingerprint density at radius 1 is 1.04 bits per heavy atom. The van der Waals surface area contributed by atoms with Gasteiger partial charge in [-0.25, -0.2) is 0 Å². The molecule has 1 N–H and O–H groups in total. The molecule has 0 saturated carbocycles. The number of likely N-dealkylation sites (N-methyl/N-ethyl adjacent to an activating group) is 1. The first-order valence-corrected chi connectivity index (χ1v) is 9.72. The van der Waals surface area contributed by atoms with E-state index in [1.165, 1.54) is 0 Å². The van der Waals surface area contributed by atoms with E-state index >= 15 is 0 Å². The van der Waals surface area contributed by atoms with Crippen LogP contribution in [0.2, 0.25) is 0 Å². The third-order valence-corrected chi connectivity index (χ3v) is 5.63. The largest absolute Gasteiger partial charge is 0.372 e. The SMILES string of the molecule is CN1CCN(C(=O)c2ccc3c(c2)NC(=O)CCN3C)C(c2ccccc2)C1. The lowest BCUT2D eigenvalue weighted by Crippen LogP contribution is -2.49. The quantitative estimate of drug-likeness (QED) is 0.873. The number of carbonyl (C=O) groups excluding carboxylic acids is 2. The van der Waals surface area contributed by atoms with Gasteiger partial charge >= 0.3 is 0 Å². The predicted octanol–water partition coefficient (Wildman–Crippen LogP) is 2.59. The van der Waals surface area contributed by atoms with Gasteiger partial charge in [0.25, 0.3) is 5.91 Å². The third kappa shape index (κ3) is 3.60. The van der Waals surface area contributed by atoms with Crippen LogP contribution in [0.5, 0.6) is 0 Å². The molecule has 6 nitrogen and oxygen atoms in total. The van der Waals surface area contributed by atoms with Crippen molar-refractivity contribution in [1.82, 2.24) is 9.80 Å². The lowest BCUT2D eigenvalue weighted by Gasteiger charge is -2.40. The molecule has 6 heteroatoms. The van der Waals surface area contributed by atoms with Crippen LogP contribution >= 0.6 is 0 Å². The Labute approximate surface area is 165 Å². The Morgan fingerprint density at radius 3 is 2.61 bits per heavy atom. The maximum Gasteiger partial charge on any atom is 0.254 e. The van der Waals surface area contributed by atoms with Gasteiger partial charge in [0.1, 0.15) is 0 Å². The Bertz CT molecular complexity index is 883. The molecule has 1 atom stereocenters. The van der Waals surface area contributed by atoms with Gasteiger partial charge in [0.2, 0.25) is 5.91 Å². The molecule has 2 amide bonds. The molecule has 1 saturated heterocycles. The molecule has 0 spiro atoms. The molecule has 0 aromatic heterocycles. The zero-order valence-corrected chi connectivity index (χ0v) is 16.4. The molecular formula is C22H26N4O2. The van der Waals surface area contributed by atoms with Gasteiger partial charge in [0.05, 0.1) is 17.4 Å². The van der Waals surface area contributed by atoms with E-state index in [1.54, 1.807) is 0 Å². The number of nitrogens with zero attached hydrogens (tertiary/aromatic N) is 3. The summed E-state index contributed by atoms with van der Waals surface area (Å²) < 4.78 is 0. The summed E-state index contributed by atoms with van der Waals surface area (Å²) >= 11 is 0. The van der Waals surface area contributed by atoms with Crippen LogP contribution in [0, 0.1) is 0 Å². The normalized spacial score (nSPS) is 20.4. The first-order chi connectivity index (χ1) is 13.5. The summed E-state index contributed by atoms with van der Waals surface area (Å²) in [6.45, 7) is 3.00. The van der Waals surface area contributed by atoms with E-state index < -0.39 is 0 Å². The van der Waals surface area contributed by atoms with Crippen molar-refractivity contribution in [3.8, 4) is 0 Å². The topological polar surface area (TPSA) is 55.9 Å². The van der Waals surface area contributed by atoms with E-state index in [2.05, 4.69) is 29.4 Å². The van der Waals surface area contributed by atoms with Crippen molar-refractivity contribution in [3.63, 3.8) is 0 Å². The fourth-order valence-corrected chi connectivity index (χ4v) is 3.99. The molecule has 2 aromatic carbocycles. The standard InChI is InChI=1S/C22H26N4O2/c1-24-12-13-26(20(15-24)16-6-4-3-5-7-16)22(28)17-8-9-19-18(14-17)23-21(27)10-11-25(19)2/h3-9,14,20H,10-13,15H2,1-2H3,(H,23,27). The predicted molar refractivity (Wildman–Crippen MR) is 111 cm³/mol. The highest BCUT2D eigenvalue weighted by molar-refractivity contribution is 6.01. The number of hydrogen-bond acceptors (Lipinski definition) is 4. The van der Waals surface area contributed by atoms with Crippen LogP contribution in [-0.4, -0.2) is 61.9 Å². The lowest BCUT2D eigenvalue weighted by atomic mass is 10.0. The molecule has 28 heavy (non-hydrogen) atoms. The van der Waals surface area contributed by atoms with Gasteiger partial charge in [-0.3, -0.25) is 9.59 Å². The molecular weight excluding hydrogens is 352 g/mol. The average Bonchev–Trinajstić information content (AvgIpc) is 2.85. The van der Waals surface area contributed by atoms with Gasteiger partial charge in [0, 0.05) is 45.2 Å². The molecule has 0 radical (unpaired) electrons. The highest BCUT2D eigenvalue weighted by Crippen LogP contribution is 2.31. The Hall–Kier alpha value is -2.86. The number of rotatable bonds is 2. The van der Waals surface area contributed by atoms with Crippen molar-refractivity contribution in [2.45, 2.75) is 12.5 Å². The first kappa shape index (κ1) is 18.5. The molecule has 0 bridgehead atoms. The van der Waals surface area contributed by atoms with Gasteiger partial charge in [-0.15, -0.1) is 0 Å². The van der Waals surface area contributed by atoms with Crippen LogP contribution in [0.1, 0.15) is 28.4 Å². The van der Waals surface area contributed by atoms with Crippen LogP contribution < -0.4 is 10.2 Å². The Balaban J connectivity index is 1.65. The van der Waals surface area contributed by atoms with Gasteiger partial charge in [-0.05, 0) is 30.8 Å². The zero-order valence-electron chi connectivity index (χ0n) is 16.4. The van der Waals surface area contributed by atoms with Crippen molar-refractivity contribution < 1.29 is 9.59 Å². The molecule has 146 valence electrons. The summed E-state index contributed by atoms with van der Waals surface area (Å²) in [7, 11) is 4.05. The van der Waals surface area contributed by atoms with Crippen LogP contribution in [0.3, 0.4) is 0 Å². The smallest absolute Gasteiger partial charge is 0.254 e. The summed E-state index contributed by atoms with van der Waals surface area (Å²) in [6, 6.07) is 15.8. The fourth-order valence-electron chi connectivity index (χ4n) is 3.99. The van der Waals surface area contributed by atoms with Crippen LogP contribution in [0.15, 0.2) is 48.5 Å². The van der Waals surface area contributed by atoms with E-state index in [1.807, 2.05) is 53.2 Å². The highest BCUT2D eigenvalue weighted by atomic mass is 16.2. The van der Waals surface area contributed by atoms with E-state index in [4.69, 9.17) is 0 Å². The van der Waals surface area contributed by atoms with Crippen LogP contribution in [-0.2, 0) is 4.79 Å². The molecule has 0 aliphatic carbocycles. The number of anilines is 2. The van der Waals surface area contributed by atoms with Crippen molar-refractivity contribution in [1.29, 1.82) is 0 Å². The molecule has 2 aliphatic heterocycles. The number of benzene rings is 2. The molecule has 2 aliphatic rings. The molecule has 2 aromatic rings. The minimum absolute atomic E-state index is 0.00546. The first-order valence-electron chi connectivity index (χ1n) is 9.72. The van der Waals surface area contributed by atoms with Crippen molar-refractivity contribution >= 4 is 23.2 Å². The van der Waals surface area contributed by atoms with E-state index in [0.717, 1.165) is 24.3 Å². The Morgan fingerprint density at radius 2 is 1.82 bits per heavy atom. The summed E-state index contributed by atoms with van der Waals surface area (Å²) in [4.78, 5) is 31.7. The molecule has 1 fully saturated rings. The van der Waals surface area contributed by atoms with Crippen LogP contribution in [0.25, 0.3) is 0 Å². The number of carbonyl (C=O) groups is 2. The maximum atomic E-state index is 13.4. The van der Waals surface area contributed by atoms with E-state index in [-0.39, 0.29) is 17.9 Å². The van der Waals surface area contributed by atoms with Crippen molar-refractivity contribution in [3.05, 3.63) is 59.7 Å². The minimum atomic E-state index is -0.0167. The minimum Gasteiger partial charge on any atom is -0.372 e. The van der Waals surface area contributed by atoms with Gasteiger partial charge in [-0.1, -0.05) is 30.3 Å². The second-order valence-corrected chi connectivity index (χ2v) is 7.64. The lowest BCUT2D eigenvalue weighted by molar-refractivity contribution is -0.115. The second-order valence-electron chi connectivity index (χ2n) is 7.64. The van der Waals surface area contributed by atoms with Crippen molar-refractivity contribution in [2.75, 3.05) is 50.5 Å². The summed E-state index contributed by atoms with van der Waals surface area (Å²) in [5.74, 6) is -0.0112. The number of nitrogens with one attached hydrogen (secondary N) is 1. The van der Waals surface area contributed by atoms with E-state index in [0.29, 0.717) is 30.8 Å². The molecule has 2 heterocycles. The third-order valence-electron chi connectivity index (χ3n) is 5.63. The van der Waals surface area contributed by atoms with Gasteiger partial charge < -0.3 is 20.0 Å². The average molecular weight is 378 g/mol. The zero-order chi connectivity index (χ0) is 19.7. The van der Waals surface area contributed by atoms with Gasteiger partial charge in [-0.2, -0.15) is 0 Å². The van der Waals surface area contributed by atoms with E-state index in [9.17, 15) is 9.59 Å². The monoisotopic (exact) mass is 378 g/mol. The number of piperazine rings is 1. The van der Waals surface area contributed by atoms with Gasteiger partial charge in [0.15, 0.2) is 0 Å².